The van der Waals surface area contributed by atoms with Crippen molar-refractivity contribution in [3.63, 3.8) is 0 Å². The van der Waals surface area contributed by atoms with E-state index in [1.165, 1.54) is 0 Å². The van der Waals surface area contributed by atoms with E-state index in [1.807, 2.05) is 54.1 Å². The summed E-state index contributed by atoms with van der Waals surface area (Å²) in [6, 6.07) is 11.7. The van der Waals surface area contributed by atoms with Gasteiger partial charge in [0.15, 0.2) is 0 Å². The molecule has 5 heteroatoms. The molecule has 4 nitrogen and oxygen atoms in total. The van der Waals surface area contributed by atoms with E-state index in [9.17, 15) is 9.59 Å². The molecule has 0 bridgehead atoms. The molecule has 0 saturated heterocycles. The second-order valence-corrected chi connectivity index (χ2v) is 6.30. The van der Waals surface area contributed by atoms with Gasteiger partial charge in [0.2, 0.25) is 5.91 Å². The highest BCUT2D eigenvalue weighted by Crippen LogP contribution is 2.22. The molecule has 0 spiro atoms. The van der Waals surface area contributed by atoms with Crippen molar-refractivity contribution in [1.82, 2.24) is 4.90 Å². The zero-order chi connectivity index (χ0) is 16.7. The molecular weight excluding hydrogens is 310 g/mol. The number of nitrogens with zero attached hydrogens (tertiary/aromatic N) is 1. The van der Waals surface area contributed by atoms with Crippen molar-refractivity contribution in [1.29, 1.82) is 0 Å². The summed E-state index contributed by atoms with van der Waals surface area (Å²) in [5.74, 6) is -1.00. The van der Waals surface area contributed by atoms with Crippen LogP contribution in [0.25, 0.3) is 0 Å². The molecule has 0 saturated carbocycles. The molecule has 2 aromatic rings. The van der Waals surface area contributed by atoms with Crippen LogP contribution in [0, 0.1) is 0 Å². The third-order valence-electron chi connectivity index (χ3n) is 3.76. The van der Waals surface area contributed by atoms with Crippen molar-refractivity contribution < 1.29 is 14.7 Å². The Morgan fingerprint density at radius 1 is 1.22 bits per heavy atom. The van der Waals surface area contributed by atoms with Crippen LogP contribution in [0.1, 0.15) is 36.8 Å². The second kappa shape index (κ2) is 8.48. The molecule has 1 amide bonds. The fourth-order valence-electron chi connectivity index (χ4n) is 2.43. The molecule has 1 aromatic heterocycles. The van der Waals surface area contributed by atoms with Crippen molar-refractivity contribution in [3.8, 4) is 0 Å². The lowest BCUT2D eigenvalue weighted by molar-refractivity contribution is -0.138. The summed E-state index contributed by atoms with van der Waals surface area (Å²) in [4.78, 5) is 25.3. The van der Waals surface area contributed by atoms with Crippen LogP contribution in [0.3, 0.4) is 0 Å². The lowest BCUT2D eigenvalue weighted by Crippen LogP contribution is -2.34. The molecule has 1 N–H and O–H groups in total. The SMILES string of the molecule is CC(C(=O)N(CCCC(=O)O)Cc1ccccc1)c1ccsc1. The molecule has 1 atom stereocenters. The number of carbonyl (C=O) groups excluding carboxylic acids is 1. The maximum Gasteiger partial charge on any atom is 0.303 e. The first-order valence-electron chi connectivity index (χ1n) is 7.64. The number of hydrogen-bond donors (Lipinski definition) is 1. The first kappa shape index (κ1) is 17.2. The predicted octanol–water partition coefficient (Wildman–Crippen LogP) is 3.75. The summed E-state index contributed by atoms with van der Waals surface area (Å²) < 4.78 is 0. The molecule has 2 rings (SSSR count). The quantitative estimate of drug-likeness (QED) is 0.801. The summed E-state index contributed by atoms with van der Waals surface area (Å²) in [6.07, 6.45) is 0.537. The van der Waals surface area contributed by atoms with E-state index in [-0.39, 0.29) is 18.2 Å². The average Bonchev–Trinajstić information content (AvgIpc) is 3.07. The number of carbonyl (C=O) groups is 2. The third-order valence-corrected chi connectivity index (χ3v) is 4.46. The maximum atomic E-state index is 12.8. The normalized spacial score (nSPS) is 11.9. The highest BCUT2D eigenvalue weighted by Gasteiger charge is 2.22. The van der Waals surface area contributed by atoms with E-state index in [2.05, 4.69) is 0 Å². The summed E-state index contributed by atoms with van der Waals surface area (Å²) in [7, 11) is 0. The van der Waals surface area contributed by atoms with Crippen LogP contribution < -0.4 is 0 Å². The molecule has 1 aromatic carbocycles. The van der Waals surface area contributed by atoms with Gasteiger partial charge < -0.3 is 10.0 Å². The Morgan fingerprint density at radius 2 is 1.96 bits per heavy atom. The minimum absolute atomic E-state index is 0.0395. The molecule has 122 valence electrons. The van der Waals surface area contributed by atoms with E-state index in [0.29, 0.717) is 19.5 Å². The van der Waals surface area contributed by atoms with Gasteiger partial charge in [0.05, 0.1) is 5.92 Å². The van der Waals surface area contributed by atoms with Crippen LogP contribution >= 0.6 is 11.3 Å². The number of carboxylic acid groups (broad SMARTS) is 1. The number of rotatable bonds is 8. The Bertz CT molecular complexity index is 625. The van der Waals surface area contributed by atoms with Gasteiger partial charge in [-0.15, -0.1) is 0 Å². The number of hydrogen-bond acceptors (Lipinski definition) is 3. The Morgan fingerprint density at radius 3 is 2.57 bits per heavy atom. The standard InChI is InChI=1S/C18H21NO3S/c1-14(16-9-11-23-13-16)18(22)19(10-5-8-17(20)21)12-15-6-3-2-4-7-15/h2-4,6-7,9,11,13-14H,5,8,10,12H2,1H3,(H,20,21). The summed E-state index contributed by atoms with van der Waals surface area (Å²) >= 11 is 1.57. The summed E-state index contributed by atoms with van der Waals surface area (Å²) in [5.41, 5.74) is 2.06. The first-order valence-corrected chi connectivity index (χ1v) is 8.59. The van der Waals surface area contributed by atoms with Gasteiger partial charge in [-0.2, -0.15) is 11.3 Å². The average molecular weight is 331 g/mol. The molecule has 0 aliphatic rings. The molecule has 0 radical (unpaired) electrons. The summed E-state index contributed by atoms with van der Waals surface area (Å²) in [5, 5.41) is 12.8. The Hall–Kier alpha value is -2.14. The van der Waals surface area contributed by atoms with Gasteiger partial charge in [0, 0.05) is 19.5 Å². The molecule has 1 heterocycles. The molecular formula is C18H21NO3S. The molecule has 0 aliphatic carbocycles. The lowest BCUT2D eigenvalue weighted by atomic mass is 10.0. The number of thiophene rings is 1. The monoisotopic (exact) mass is 331 g/mol. The summed E-state index contributed by atoms with van der Waals surface area (Å²) in [6.45, 7) is 2.86. The number of aliphatic carboxylic acids is 1. The van der Waals surface area contributed by atoms with Gasteiger partial charge in [0.25, 0.3) is 0 Å². The van der Waals surface area contributed by atoms with Crippen LogP contribution in [-0.4, -0.2) is 28.4 Å². The van der Waals surface area contributed by atoms with Gasteiger partial charge in [-0.25, -0.2) is 0 Å². The van der Waals surface area contributed by atoms with Gasteiger partial charge in [-0.1, -0.05) is 30.3 Å². The third kappa shape index (κ3) is 5.21. The van der Waals surface area contributed by atoms with E-state index in [0.717, 1.165) is 11.1 Å². The van der Waals surface area contributed by atoms with Crippen LogP contribution in [0.4, 0.5) is 0 Å². The van der Waals surface area contributed by atoms with Crippen molar-refractivity contribution in [2.24, 2.45) is 0 Å². The van der Waals surface area contributed by atoms with Crippen LogP contribution in [0.2, 0.25) is 0 Å². The van der Waals surface area contributed by atoms with Gasteiger partial charge in [0.1, 0.15) is 0 Å². The van der Waals surface area contributed by atoms with E-state index in [1.54, 1.807) is 16.2 Å². The van der Waals surface area contributed by atoms with Gasteiger partial charge >= 0.3 is 5.97 Å². The van der Waals surface area contributed by atoms with Crippen molar-refractivity contribution in [2.75, 3.05) is 6.54 Å². The minimum Gasteiger partial charge on any atom is -0.481 e. The zero-order valence-electron chi connectivity index (χ0n) is 13.1. The highest BCUT2D eigenvalue weighted by atomic mass is 32.1. The van der Waals surface area contributed by atoms with Crippen molar-refractivity contribution >= 4 is 23.2 Å². The predicted molar refractivity (Wildman–Crippen MR) is 91.5 cm³/mol. The maximum absolute atomic E-state index is 12.8. The fourth-order valence-corrected chi connectivity index (χ4v) is 3.18. The van der Waals surface area contributed by atoms with E-state index in [4.69, 9.17) is 5.11 Å². The van der Waals surface area contributed by atoms with E-state index < -0.39 is 5.97 Å². The molecule has 0 fully saturated rings. The fraction of sp³-hybridized carbons (Fsp3) is 0.333. The Labute approximate surface area is 140 Å². The smallest absolute Gasteiger partial charge is 0.303 e. The molecule has 0 aliphatic heterocycles. The first-order chi connectivity index (χ1) is 11.1. The molecule has 23 heavy (non-hydrogen) atoms. The number of benzene rings is 1. The molecule has 1 unspecified atom stereocenters. The largest absolute Gasteiger partial charge is 0.481 e. The van der Waals surface area contributed by atoms with E-state index >= 15 is 0 Å². The second-order valence-electron chi connectivity index (χ2n) is 5.52. The topological polar surface area (TPSA) is 57.6 Å². The van der Waals surface area contributed by atoms with Crippen LogP contribution in [0.15, 0.2) is 47.2 Å². The highest BCUT2D eigenvalue weighted by molar-refractivity contribution is 7.08. The Balaban J connectivity index is 2.08. The number of carboxylic acids is 1. The van der Waals surface area contributed by atoms with Gasteiger partial charge in [-0.3, -0.25) is 9.59 Å². The minimum atomic E-state index is -0.831. The zero-order valence-corrected chi connectivity index (χ0v) is 14.0. The van der Waals surface area contributed by atoms with Crippen LogP contribution in [0.5, 0.6) is 0 Å². The lowest BCUT2D eigenvalue weighted by Gasteiger charge is -2.25. The Kier molecular flexibility index (Phi) is 6.35. The van der Waals surface area contributed by atoms with Gasteiger partial charge in [-0.05, 0) is 41.3 Å². The van der Waals surface area contributed by atoms with Crippen molar-refractivity contribution in [3.05, 3.63) is 58.3 Å². The van der Waals surface area contributed by atoms with Crippen LogP contribution in [-0.2, 0) is 16.1 Å². The number of amides is 1. The van der Waals surface area contributed by atoms with Crippen molar-refractivity contribution in [2.45, 2.75) is 32.2 Å².